The summed E-state index contributed by atoms with van der Waals surface area (Å²) in [5, 5.41) is 0. The zero-order valence-corrected chi connectivity index (χ0v) is 12.2. The first-order valence-corrected chi connectivity index (χ1v) is 3.45. The first-order chi connectivity index (χ1) is 3.80. The molecule has 0 saturated carbocycles. The molecule has 0 heterocycles. The fourth-order valence-electron chi connectivity index (χ4n) is 0.498. The third-order valence-electron chi connectivity index (χ3n) is 0.958. The molecule has 1 rings (SSSR count). The topological polar surface area (TPSA) is 0 Å². The minimum Gasteiger partial charge on any atom is -1.00 e. The molecule has 0 aromatic heterocycles. The van der Waals surface area contributed by atoms with Crippen molar-refractivity contribution in [2.45, 2.75) is 0 Å². The summed E-state index contributed by atoms with van der Waals surface area (Å²) in [6.45, 7) is 3.81. The zero-order chi connectivity index (χ0) is 5.98. The van der Waals surface area contributed by atoms with Crippen molar-refractivity contribution < 1.29 is 36.5 Å². The molecule has 0 aliphatic carbocycles. The molecule has 1 aromatic carbocycles. The van der Waals surface area contributed by atoms with Crippen LogP contribution >= 0.6 is 22.6 Å². The summed E-state index contributed by atoms with van der Waals surface area (Å²) in [5.41, 5.74) is 1.10. The van der Waals surface area contributed by atoms with Crippen molar-refractivity contribution in [2.75, 3.05) is 0 Å². The number of rotatable bonds is 0. The number of halogens is 2. The molecule has 10 heavy (non-hydrogen) atoms. The zero-order valence-electron chi connectivity index (χ0n) is 5.48. The van der Waals surface area contributed by atoms with E-state index in [1.165, 1.54) is 3.57 Å². The molecule has 0 spiro atoms. The minimum absolute atomic E-state index is 0. The molecule has 0 unspecified atom stereocenters. The summed E-state index contributed by atoms with van der Waals surface area (Å²) < 4.78 is 1.23. The molecule has 0 aliphatic rings. The van der Waals surface area contributed by atoms with Gasteiger partial charge in [-0.25, -0.2) is 0 Å². The van der Waals surface area contributed by atoms with E-state index in [2.05, 4.69) is 29.5 Å². The van der Waals surface area contributed by atoms with Crippen molar-refractivity contribution in [3.05, 3.63) is 40.3 Å². The second-order valence-corrected chi connectivity index (χ2v) is 2.75. The monoisotopic (exact) mass is 360 g/mol. The summed E-state index contributed by atoms with van der Waals surface area (Å²) >= 11 is 2.26. The SMILES string of the molecule is [Br-].[CH2-]c1ccccc1I.[Zn]. The summed E-state index contributed by atoms with van der Waals surface area (Å²) in [6, 6.07) is 8.05. The Morgan fingerprint density at radius 1 is 1.20 bits per heavy atom. The van der Waals surface area contributed by atoms with Gasteiger partial charge in [0.25, 0.3) is 0 Å². The Morgan fingerprint density at radius 2 is 1.70 bits per heavy atom. The Bertz CT molecular complexity index is 170. The van der Waals surface area contributed by atoms with Crippen LogP contribution in [-0.2, 0) is 19.5 Å². The summed E-state index contributed by atoms with van der Waals surface area (Å²) in [7, 11) is 0. The van der Waals surface area contributed by atoms with E-state index in [-0.39, 0.29) is 36.5 Å². The van der Waals surface area contributed by atoms with Crippen molar-refractivity contribution in [3.63, 3.8) is 0 Å². The fraction of sp³-hybridized carbons (Fsp3) is 0. The molecular weight excluding hydrogens is 356 g/mol. The molecule has 1 aromatic rings. The van der Waals surface area contributed by atoms with Gasteiger partial charge in [-0.1, -0.05) is 9.64 Å². The van der Waals surface area contributed by atoms with Crippen molar-refractivity contribution in [1.82, 2.24) is 0 Å². The smallest absolute Gasteiger partial charge is 0 e. The van der Waals surface area contributed by atoms with E-state index < -0.39 is 0 Å². The van der Waals surface area contributed by atoms with Crippen LogP contribution < -0.4 is 17.0 Å². The Hall–Kier alpha value is 0.923. The number of hydrogen-bond donors (Lipinski definition) is 0. The second-order valence-electron chi connectivity index (χ2n) is 1.59. The number of benzene rings is 1. The van der Waals surface area contributed by atoms with Gasteiger partial charge in [-0.15, -0.1) is 34.7 Å². The van der Waals surface area contributed by atoms with Gasteiger partial charge >= 0.3 is 0 Å². The maximum absolute atomic E-state index is 3.81. The quantitative estimate of drug-likeness (QED) is 0.331. The van der Waals surface area contributed by atoms with Gasteiger partial charge < -0.3 is 17.0 Å². The van der Waals surface area contributed by atoms with E-state index in [1.807, 2.05) is 24.3 Å². The van der Waals surface area contributed by atoms with Crippen LogP contribution in [0.25, 0.3) is 0 Å². The van der Waals surface area contributed by atoms with Crippen LogP contribution in [0.1, 0.15) is 5.56 Å². The standard InChI is InChI=1S/C7H6I.BrH.Zn/c1-6-4-2-3-5-7(6)8;;/h2-5H,1H2;1H;/q-1;;/p-1. The molecule has 0 bridgehead atoms. The number of hydrogen-bond acceptors (Lipinski definition) is 0. The minimum atomic E-state index is 0. The fourth-order valence-corrected chi connectivity index (χ4v) is 0.886. The van der Waals surface area contributed by atoms with E-state index >= 15 is 0 Å². The Kier molecular flexibility index (Phi) is 8.95. The van der Waals surface area contributed by atoms with Gasteiger partial charge in [0, 0.05) is 19.5 Å². The molecule has 0 N–H and O–H groups in total. The van der Waals surface area contributed by atoms with Crippen LogP contribution in [0.15, 0.2) is 24.3 Å². The molecular formula is C7H6BrIZn-2. The van der Waals surface area contributed by atoms with E-state index in [1.54, 1.807) is 0 Å². The molecule has 0 aliphatic heterocycles. The average molecular weight is 362 g/mol. The molecule has 0 radical (unpaired) electrons. The van der Waals surface area contributed by atoms with Crippen molar-refractivity contribution in [2.24, 2.45) is 0 Å². The Morgan fingerprint density at radius 3 is 2.00 bits per heavy atom. The molecule has 0 saturated heterocycles. The molecule has 52 valence electrons. The van der Waals surface area contributed by atoms with Crippen molar-refractivity contribution in [3.8, 4) is 0 Å². The van der Waals surface area contributed by atoms with Crippen LogP contribution in [0.5, 0.6) is 0 Å². The summed E-state index contributed by atoms with van der Waals surface area (Å²) in [4.78, 5) is 0. The molecule has 0 fully saturated rings. The predicted molar refractivity (Wildman–Crippen MR) is 43.6 cm³/mol. The van der Waals surface area contributed by atoms with Crippen LogP contribution in [0, 0.1) is 10.5 Å². The van der Waals surface area contributed by atoms with Crippen LogP contribution in [0.4, 0.5) is 0 Å². The van der Waals surface area contributed by atoms with Gasteiger partial charge in [0.15, 0.2) is 0 Å². The van der Waals surface area contributed by atoms with Crippen molar-refractivity contribution >= 4 is 22.6 Å². The van der Waals surface area contributed by atoms with E-state index in [0.29, 0.717) is 0 Å². The van der Waals surface area contributed by atoms with Gasteiger partial charge in [-0.3, -0.25) is 0 Å². The molecule has 3 heteroatoms. The van der Waals surface area contributed by atoms with Gasteiger partial charge in [0.1, 0.15) is 0 Å². The maximum atomic E-state index is 3.81. The van der Waals surface area contributed by atoms with E-state index in [0.717, 1.165) is 5.56 Å². The summed E-state index contributed by atoms with van der Waals surface area (Å²) in [5.74, 6) is 0. The van der Waals surface area contributed by atoms with Crippen LogP contribution in [0.3, 0.4) is 0 Å². The van der Waals surface area contributed by atoms with Crippen LogP contribution in [0.2, 0.25) is 0 Å². The Balaban J connectivity index is 0. The first-order valence-electron chi connectivity index (χ1n) is 2.37. The van der Waals surface area contributed by atoms with Gasteiger partial charge in [0.2, 0.25) is 0 Å². The normalized spacial score (nSPS) is 7.30. The largest absolute Gasteiger partial charge is 1.00 e. The van der Waals surface area contributed by atoms with E-state index in [4.69, 9.17) is 0 Å². The van der Waals surface area contributed by atoms with E-state index in [9.17, 15) is 0 Å². The van der Waals surface area contributed by atoms with Gasteiger partial charge in [-0.2, -0.15) is 18.6 Å². The average Bonchev–Trinajstić information content (AvgIpc) is 1.77. The first kappa shape index (κ1) is 13.5. The molecule has 0 amide bonds. The van der Waals surface area contributed by atoms with Crippen molar-refractivity contribution in [1.29, 1.82) is 0 Å². The molecule has 0 nitrogen and oxygen atoms in total. The van der Waals surface area contributed by atoms with Gasteiger partial charge in [0.05, 0.1) is 0 Å². The third kappa shape index (κ3) is 3.94. The van der Waals surface area contributed by atoms with Gasteiger partial charge in [-0.05, 0) is 0 Å². The maximum Gasteiger partial charge on any atom is 0 e. The summed E-state index contributed by atoms with van der Waals surface area (Å²) in [6.07, 6.45) is 0. The molecule has 0 atom stereocenters. The predicted octanol–water partition coefficient (Wildman–Crippen LogP) is -0.525. The van der Waals surface area contributed by atoms with Crippen LogP contribution in [-0.4, -0.2) is 0 Å². The third-order valence-corrected chi connectivity index (χ3v) is 2.01. The Labute approximate surface area is 98.5 Å². The second kappa shape index (κ2) is 6.62.